The molecule has 0 aromatic heterocycles. The van der Waals surface area contributed by atoms with E-state index in [9.17, 15) is 4.39 Å². The van der Waals surface area contributed by atoms with Crippen LogP contribution in [0.3, 0.4) is 0 Å². The van der Waals surface area contributed by atoms with E-state index in [1.165, 1.54) is 38.5 Å². The molecule has 170 valence electrons. The van der Waals surface area contributed by atoms with Gasteiger partial charge in [0.1, 0.15) is 0 Å². The molecule has 6 atom stereocenters. The third kappa shape index (κ3) is 3.41. The standard InChI is InChI=1S/C27H45FOSi/c1-18(28)22-11-12-23-21-10-9-19-17-20(29-30(7,8)25(2,3)4)13-15-26(19,5)24(21)14-16-27(22,23)6/h9,20-21,23-24H,10-17H2,1-8H3/b22-18-/t20-,21?,23?,24?,26-,27+/m0/s1. The van der Waals surface area contributed by atoms with E-state index < -0.39 is 8.32 Å². The molecule has 0 saturated heterocycles. The van der Waals surface area contributed by atoms with Crippen LogP contribution in [-0.4, -0.2) is 14.4 Å². The van der Waals surface area contributed by atoms with Crippen molar-refractivity contribution in [2.24, 2.45) is 28.6 Å². The minimum absolute atomic E-state index is 0.111. The molecule has 3 saturated carbocycles. The van der Waals surface area contributed by atoms with Crippen molar-refractivity contribution in [3.63, 3.8) is 0 Å². The Morgan fingerprint density at radius 1 is 1.07 bits per heavy atom. The SMILES string of the molecule is C/C(F)=C1\CCC2C3CC=C4C[C@@H](O[Si](C)(C)C(C)(C)C)CC[C@]4(C)C3CC[C@]12C. The van der Waals surface area contributed by atoms with Crippen molar-refractivity contribution in [2.75, 3.05) is 0 Å². The predicted molar refractivity (Wildman–Crippen MR) is 128 cm³/mol. The Bertz CT molecular complexity index is 755. The van der Waals surface area contributed by atoms with Gasteiger partial charge in [-0.3, -0.25) is 0 Å². The minimum atomic E-state index is -1.72. The van der Waals surface area contributed by atoms with Crippen LogP contribution in [0.5, 0.6) is 0 Å². The molecule has 0 amide bonds. The average molecular weight is 433 g/mol. The minimum Gasteiger partial charge on any atom is -0.414 e. The maximum atomic E-state index is 14.3. The summed E-state index contributed by atoms with van der Waals surface area (Å²) in [7, 11) is -1.72. The second kappa shape index (κ2) is 7.30. The zero-order chi connectivity index (χ0) is 22.1. The lowest BCUT2D eigenvalue weighted by atomic mass is 9.48. The van der Waals surface area contributed by atoms with Gasteiger partial charge in [-0.1, -0.05) is 46.3 Å². The summed E-state index contributed by atoms with van der Waals surface area (Å²) in [5.41, 5.74) is 3.30. The number of rotatable bonds is 2. The highest BCUT2D eigenvalue weighted by Crippen LogP contribution is 2.66. The Morgan fingerprint density at radius 2 is 1.70 bits per heavy atom. The molecule has 4 rings (SSSR count). The Kier molecular flexibility index (Phi) is 5.54. The number of halogens is 1. The van der Waals surface area contributed by atoms with Crippen molar-refractivity contribution in [1.29, 1.82) is 0 Å². The van der Waals surface area contributed by atoms with E-state index in [1.54, 1.807) is 12.5 Å². The fourth-order valence-corrected chi connectivity index (χ4v) is 9.09. The van der Waals surface area contributed by atoms with Crippen molar-refractivity contribution >= 4 is 8.32 Å². The molecule has 0 heterocycles. The van der Waals surface area contributed by atoms with Gasteiger partial charge in [-0.2, -0.15) is 0 Å². The first kappa shape index (κ1) is 22.8. The molecule has 3 heteroatoms. The van der Waals surface area contributed by atoms with Crippen LogP contribution in [-0.2, 0) is 4.43 Å². The monoisotopic (exact) mass is 432 g/mol. The summed E-state index contributed by atoms with van der Waals surface area (Å²) >= 11 is 0. The fraction of sp³-hybridized carbons (Fsp3) is 0.852. The maximum absolute atomic E-state index is 14.3. The van der Waals surface area contributed by atoms with Crippen LogP contribution in [0.4, 0.5) is 4.39 Å². The molecule has 3 fully saturated rings. The second-order valence-corrected chi connectivity index (χ2v) is 17.8. The second-order valence-electron chi connectivity index (χ2n) is 13.0. The Hall–Kier alpha value is -0.413. The maximum Gasteiger partial charge on any atom is 0.192 e. The molecule has 1 nitrogen and oxygen atoms in total. The van der Waals surface area contributed by atoms with Gasteiger partial charge in [-0.25, -0.2) is 4.39 Å². The number of hydrogen-bond donors (Lipinski definition) is 0. The van der Waals surface area contributed by atoms with Gasteiger partial charge in [-0.15, -0.1) is 0 Å². The van der Waals surface area contributed by atoms with Crippen LogP contribution < -0.4 is 0 Å². The van der Waals surface area contributed by atoms with Gasteiger partial charge in [0.05, 0.1) is 5.83 Å². The normalized spacial score (nSPS) is 43.4. The van der Waals surface area contributed by atoms with Crippen molar-refractivity contribution in [2.45, 2.75) is 117 Å². The topological polar surface area (TPSA) is 9.23 Å². The Balaban J connectivity index is 1.55. The smallest absolute Gasteiger partial charge is 0.192 e. The van der Waals surface area contributed by atoms with Crippen LogP contribution in [0.1, 0.15) is 92.9 Å². The average Bonchev–Trinajstić information content (AvgIpc) is 2.98. The quantitative estimate of drug-likeness (QED) is 0.313. The van der Waals surface area contributed by atoms with Crippen LogP contribution in [0, 0.1) is 28.6 Å². The molecule has 0 aromatic carbocycles. The van der Waals surface area contributed by atoms with Crippen molar-refractivity contribution in [1.82, 2.24) is 0 Å². The molecule has 0 aliphatic heterocycles. The zero-order valence-electron chi connectivity index (χ0n) is 20.8. The van der Waals surface area contributed by atoms with Crippen LogP contribution in [0.25, 0.3) is 0 Å². The molecule has 0 radical (unpaired) electrons. The van der Waals surface area contributed by atoms with Crippen LogP contribution >= 0.6 is 0 Å². The summed E-state index contributed by atoms with van der Waals surface area (Å²) in [5, 5.41) is 0.274. The first-order valence-corrected chi connectivity index (χ1v) is 15.4. The van der Waals surface area contributed by atoms with Crippen LogP contribution in [0.2, 0.25) is 18.1 Å². The number of fused-ring (bicyclic) bond motifs is 5. The van der Waals surface area contributed by atoms with Crippen molar-refractivity contribution in [3.8, 4) is 0 Å². The lowest BCUT2D eigenvalue weighted by Gasteiger charge is -2.58. The number of allylic oxidation sites excluding steroid dienone is 3. The lowest BCUT2D eigenvalue weighted by molar-refractivity contribution is -0.0259. The molecular weight excluding hydrogens is 387 g/mol. The highest BCUT2D eigenvalue weighted by molar-refractivity contribution is 6.74. The molecule has 0 bridgehead atoms. The van der Waals surface area contributed by atoms with Gasteiger partial charge < -0.3 is 4.43 Å². The first-order valence-electron chi connectivity index (χ1n) is 12.5. The van der Waals surface area contributed by atoms with E-state index in [1.807, 2.05) is 0 Å². The molecule has 0 N–H and O–H groups in total. The summed E-state index contributed by atoms with van der Waals surface area (Å²) in [6.07, 6.45) is 12.5. The van der Waals surface area contributed by atoms with Gasteiger partial charge in [0, 0.05) is 6.10 Å². The van der Waals surface area contributed by atoms with E-state index in [4.69, 9.17) is 4.43 Å². The van der Waals surface area contributed by atoms with Gasteiger partial charge in [-0.05, 0) is 111 Å². The lowest BCUT2D eigenvalue weighted by Crippen LogP contribution is -2.51. The van der Waals surface area contributed by atoms with Gasteiger partial charge in [0.15, 0.2) is 8.32 Å². The Labute approximate surface area is 186 Å². The van der Waals surface area contributed by atoms with Crippen LogP contribution in [0.15, 0.2) is 23.0 Å². The highest BCUT2D eigenvalue weighted by atomic mass is 28.4. The van der Waals surface area contributed by atoms with E-state index in [2.05, 4.69) is 53.8 Å². The number of hydrogen-bond acceptors (Lipinski definition) is 1. The van der Waals surface area contributed by atoms with Gasteiger partial charge in [0.2, 0.25) is 0 Å². The fourth-order valence-electron chi connectivity index (χ4n) is 7.70. The predicted octanol–water partition coefficient (Wildman–Crippen LogP) is 8.58. The molecule has 4 aliphatic carbocycles. The molecule has 4 aliphatic rings. The van der Waals surface area contributed by atoms with Gasteiger partial charge in [0.25, 0.3) is 0 Å². The molecule has 30 heavy (non-hydrogen) atoms. The summed E-state index contributed by atoms with van der Waals surface area (Å²) in [6, 6.07) is 0. The third-order valence-electron chi connectivity index (χ3n) is 10.5. The van der Waals surface area contributed by atoms with E-state index in [0.717, 1.165) is 30.3 Å². The summed E-state index contributed by atoms with van der Waals surface area (Å²) < 4.78 is 21.2. The molecule has 3 unspecified atom stereocenters. The van der Waals surface area contributed by atoms with Crippen molar-refractivity contribution < 1.29 is 8.82 Å². The highest BCUT2D eigenvalue weighted by Gasteiger charge is 2.58. The Morgan fingerprint density at radius 3 is 2.33 bits per heavy atom. The summed E-state index contributed by atoms with van der Waals surface area (Å²) in [5.74, 6) is 2.31. The van der Waals surface area contributed by atoms with E-state index >= 15 is 0 Å². The summed E-state index contributed by atoms with van der Waals surface area (Å²) in [4.78, 5) is 0. The van der Waals surface area contributed by atoms with Gasteiger partial charge >= 0.3 is 0 Å². The van der Waals surface area contributed by atoms with E-state index in [-0.39, 0.29) is 16.3 Å². The third-order valence-corrected chi connectivity index (χ3v) is 15.1. The largest absolute Gasteiger partial charge is 0.414 e. The molecular formula is C27H45FOSi. The summed E-state index contributed by atoms with van der Waals surface area (Å²) in [6.45, 7) is 18.5. The molecule has 0 aromatic rings. The van der Waals surface area contributed by atoms with Crippen molar-refractivity contribution in [3.05, 3.63) is 23.0 Å². The van der Waals surface area contributed by atoms with E-state index in [0.29, 0.717) is 17.4 Å². The first-order chi connectivity index (χ1) is 13.8. The molecule has 0 spiro atoms. The zero-order valence-corrected chi connectivity index (χ0v) is 21.8.